The van der Waals surface area contributed by atoms with Crippen molar-refractivity contribution in [3.05, 3.63) is 69.9 Å². The smallest absolute Gasteiger partial charge is 0.422 e. The van der Waals surface area contributed by atoms with Gasteiger partial charge in [-0.25, -0.2) is 4.98 Å². The Balaban J connectivity index is 1.56. The number of carbonyl (C=O) groups is 1. The fraction of sp³-hybridized carbons (Fsp3) is 0.333. The van der Waals surface area contributed by atoms with Crippen molar-refractivity contribution in [2.24, 2.45) is 0 Å². The second-order valence-electron chi connectivity index (χ2n) is 7.49. The van der Waals surface area contributed by atoms with E-state index in [-0.39, 0.29) is 42.5 Å². The Kier molecular flexibility index (Phi) is 5.49. The molecule has 0 unspecified atom stereocenters. The molecule has 0 aromatic carbocycles. The minimum absolute atomic E-state index is 0.0636. The minimum atomic E-state index is -4.45. The van der Waals surface area contributed by atoms with Gasteiger partial charge in [-0.05, 0) is 32.0 Å². The summed E-state index contributed by atoms with van der Waals surface area (Å²) in [7, 11) is 0. The van der Waals surface area contributed by atoms with E-state index < -0.39 is 12.8 Å². The van der Waals surface area contributed by atoms with Crippen molar-refractivity contribution < 1.29 is 22.7 Å². The summed E-state index contributed by atoms with van der Waals surface area (Å²) in [5, 5.41) is 0. The Morgan fingerprint density at radius 2 is 1.88 bits per heavy atom. The van der Waals surface area contributed by atoms with Crippen molar-refractivity contribution in [1.82, 2.24) is 24.0 Å². The molecule has 4 heterocycles. The molecule has 168 valence electrons. The number of pyridine rings is 2. The molecule has 1 aliphatic heterocycles. The summed E-state index contributed by atoms with van der Waals surface area (Å²) in [4.78, 5) is 35.8. The van der Waals surface area contributed by atoms with Gasteiger partial charge in [-0.2, -0.15) is 13.2 Å². The van der Waals surface area contributed by atoms with Crippen LogP contribution in [0, 0.1) is 13.8 Å². The second kappa shape index (κ2) is 8.13. The van der Waals surface area contributed by atoms with E-state index in [1.807, 2.05) is 6.92 Å². The van der Waals surface area contributed by atoms with Gasteiger partial charge in [0, 0.05) is 31.0 Å². The Morgan fingerprint density at radius 1 is 1.09 bits per heavy atom. The normalized spacial score (nSPS) is 13.9. The lowest BCUT2D eigenvalue weighted by Gasteiger charge is -2.30. The van der Waals surface area contributed by atoms with Gasteiger partial charge in [0.05, 0.1) is 24.3 Å². The number of aromatic nitrogens is 4. The van der Waals surface area contributed by atoms with Gasteiger partial charge >= 0.3 is 6.18 Å². The van der Waals surface area contributed by atoms with Crippen LogP contribution < -0.4 is 10.3 Å². The standard InChI is InChI=1S/C21H20F3N5O3/c1-13-9-28(12-26-13)16-3-4-17-19(30)27(7-8-29(17)20(16)31)10-15-14(2)18(5-6-25-15)32-11-21(22,23)24/h3-6,9,12H,7-8,10-11H2,1-2H3. The highest BCUT2D eigenvalue weighted by Gasteiger charge is 2.30. The highest BCUT2D eigenvalue weighted by Crippen LogP contribution is 2.25. The monoisotopic (exact) mass is 447 g/mol. The first-order valence-electron chi connectivity index (χ1n) is 9.82. The molecule has 11 heteroatoms. The van der Waals surface area contributed by atoms with Crippen LogP contribution in [0.5, 0.6) is 5.75 Å². The lowest BCUT2D eigenvalue weighted by Crippen LogP contribution is -2.44. The maximum atomic E-state index is 13.0. The van der Waals surface area contributed by atoms with Crippen molar-refractivity contribution in [3.8, 4) is 11.4 Å². The number of fused-ring (bicyclic) bond motifs is 1. The van der Waals surface area contributed by atoms with Crippen LogP contribution in [-0.4, -0.2) is 49.2 Å². The molecule has 0 saturated heterocycles. The van der Waals surface area contributed by atoms with Gasteiger partial charge in [0.25, 0.3) is 11.5 Å². The fourth-order valence-electron chi connectivity index (χ4n) is 3.58. The Bertz CT molecular complexity index is 1230. The molecular weight excluding hydrogens is 427 g/mol. The van der Waals surface area contributed by atoms with Crippen LogP contribution >= 0.6 is 0 Å². The molecule has 3 aromatic heterocycles. The first kappa shape index (κ1) is 21.6. The first-order valence-corrected chi connectivity index (χ1v) is 9.82. The zero-order chi connectivity index (χ0) is 23.0. The Hall–Kier alpha value is -3.63. The van der Waals surface area contributed by atoms with Crippen LogP contribution in [-0.2, 0) is 13.1 Å². The predicted molar refractivity (Wildman–Crippen MR) is 108 cm³/mol. The average Bonchev–Trinajstić information content (AvgIpc) is 3.16. The number of hydrogen-bond acceptors (Lipinski definition) is 5. The third kappa shape index (κ3) is 4.23. The number of carbonyl (C=O) groups excluding carboxylic acids is 1. The third-order valence-corrected chi connectivity index (χ3v) is 5.23. The quantitative estimate of drug-likeness (QED) is 0.601. The van der Waals surface area contributed by atoms with E-state index in [1.165, 1.54) is 28.1 Å². The zero-order valence-electron chi connectivity index (χ0n) is 17.4. The van der Waals surface area contributed by atoms with E-state index in [0.717, 1.165) is 5.69 Å². The van der Waals surface area contributed by atoms with Crippen LogP contribution in [0.1, 0.15) is 27.4 Å². The molecule has 0 spiro atoms. The van der Waals surface area contributed by atoms with Crippen molar-refractivity contribution in [1.29, 1.82) is 0 Å². The number of amides is 1. The lowest BCUT2D eigenvalue weighted by molar-refractivity contribution is -0.153. The van der Waals surface area contributed by atoms with Crippen LogP contribution in [0.4, 0.5) is 13.2 Å². The van der Waals surface area contributed by atoms with Gasteiger partial charge in [-0.15, -0.1) is 0 Å². The number of alkyl halides is 3. The van der Waals surface area contributed by atoms with Crippen LogP contribution in [0.3, 0.4) is 0 Å². The lowest BCUT2D eigenvalue weighted by atomic mass is 10.1. The molecule has 1 amide bonds. The summed E-state index contributed by atoms with van der Waals surface area (Å²) in [6.45, 7) is 2.63. The van der Waals surface area contributed by atoms with Crippen LogP contribution in [0.2, 0.25) is 0 Å². The van der Waals surface area contributed by atoms with Gasteiger partial charge < -0.3 is 18.8 Å². The van der Waals surface area contributed by atoms with E-state index in [1.54, 1.807) is 29.8 Å². The van der Waals surface area contributed by atoms with Gasteiger partial charge in [0.1, 0.15) is 17.1 Å². The van der Waals surface area contributed by atoms with E-state index in [2.05, 4.69) is 9.97 Å². The molecule has 0 radical (unpaired) electrons. The molecule has 3 aromatic rings. The van der Waals surface area contributed by atoms with E-state index >= 15 is 0 Å². The molecule has 0 bridgehead atoms. The summed E-state index contributed by atoms with van der Waals surface area (Å²) in [5.74, 6) is -0.293. The van der Waals surface area contributed by atoms with Crippen molar-refractivity contribution in [2.75, 3.05) is 13.2 Å². The number of aryl methyl sites for hydroxylation is 1. The first-order chi connectivity index (χ1) is 15.1. The highest BCUT2D eigenvalue weighted by molar-refractivity contribution is 5.93. The zero-order valence-corrected chi connectivity index (χ0v) is 17.4. The van der Waals surface area contributed by atoms with Crippen molar-refractivity contribution in [2.45, 2.75) is 33.1 Å². The number of hydrogen-bond donors (Lipinski definition) is 0. The Morgan fingerprint density at radius 3 is 2.56 bits per heavy atom. The topological polar surface area (TPSA) is 82.3 Å². The third-order valence-electron chi connectivity index (χ3n) is 5.23. The molecule has 4 rings (SSSR count). The van der Waals surface area contributed by atoms with Crippen molar-refractivity contribution >= 4 is 5.91 Å². The highest BCUT2D eigenvalue weighted by atomic mass is 19.4. The molecular formula is C21H20F3N5O3. The number of rotatable bonds is 5. The number of imidazole rings is 1. The summed E-state index contributed by atoms with van der Waals surface area (Å²) < 4.78 is 45.3. The fourth-order valence-corrected chi connectivity index (χ4v) is 3.58. The second-order valence-corrected chi connectivity index (χ2v) is 7.49. The summed E-state index contributed by atoms with van der Waals surface area (Å²) in [5.41, 5.74) is 1.95. The molecule has 0 atom stereocenters. The molecule has 1 aliphatic rings. The Labute approximate surface area is 180 Å². The average molecular weight is 447 g/mol. The van der Waals surface area contributed by atoms with Gasteiger partial charge in [-0.1, -0.05) is 0 Å². The van der Waals surface area contributed by atoms with Crippen LogP contribution in [0.25, 0.3) is 5.69 Å². The molecule has 0 N–H and O–H groups in total. The maximum Gasteiger partial charge on any atom is 0.422 e. The van der Waals surface area contributed by atoms with E-state index in [0.29, 0.717) is 16.9 Å². The summed E-state index contributed by atoms with van der Waals surface area (Å²) in [6.07, 6.45) is 0.158. The molecule has 8 nitrogen and oxygen atoms in total. The van der Waals surface area contributed by atoms with Gasteiger partial charge in [-0.3, -0.25) is 14.6 Å². The molecule has 0 saturated carbocycles. The summed E-state index contributed by atoms with van der Waals surface area (Å²) >= 11 is 0. The SMILES string of the molecule is Cc1cn(-c2ccc3n(c2=O)CCN(Cc2nccc(OCC(F)(F)F)c2C)C3=O)cn1. The summed E-state index contributed by atoms with van der Waals surface area (Å²) in [6, 6.07) is 4.52. The minimum Gasteiger partial charge on any atom is -0.484 e. The number of ether oxygens (including phenoxy) is 1. The molecule has 0 fully saturated rings. The van der Waals surface area contributed by atoms with Crippen LogP contribution in [0.15, 0.2) is 41.7 Å². The molecule has 0 aliphatic carbocycles. The maximum absolute atomic E-state index is 13.0. The molecule has 32 heavy (non-hydrogen) atoms. The number of nitrogens with zero attached hydrogens (tertiary/aromatic N) is 5. The largest absolute Gasteiger partial charge is 0.484 e. The number of halogens is 3. The van der Waals surface area contributed by atoms with E-state index in [4.69, 9.17) is 4.74 Å². The predicted octanol–water partition coefficient (Wildman–Crippen LogP) is 2.64. The van der Waals surface area contributed by atoms with Gasteiger partial charge in [0.15, 0.2) is 6.61 Å². The van der Waals surface area contributed by atoms with Gasteiger partial charge in [0.2, 0.25) is 0 Å². The van der Waals surface area contributed by atoms with E-state index in [9.17, 15) is 22.8 Å². The van der Waals surface area contributed by atoms with Crippen molar-refractivity contribution in [3.63, 3.8) is 0 Å².